The van der Waals surface area contributed by atoms with E-state index in [4.69, 9.17) is 10.1 Å². The number of para-hydroxylation sites is 1. The van der Waals surface area contributed by atoms with E-state index >= 15 is 0 Å². The fraction of sp³-hybridized carbons (Fsp3) is 0.364. The molecule has 0 bridgehead atoms. The van der Waals surface area contributed by atoms with E-state index in [0.717, 1.165) is 61.2 Å². The molecule has 1 aliphatic carbocycles. The molecule has 0 radical (unpaired) electrons. The lowest BCUT2D eigenvalue weighted by molar-refractivity contribution is -0.126. The predicted molar refractivity (Wildman–Crippen MR) is 109 cm³/mol. The Kier molecular flexibility index (Phi) is 5.58. The Hall–Kier alpha value is -2.41. The van der Waals surface area contributed by atoms with Crippen LogP contribution >= 0.6 is 11.8 Å². The third kappa shape index (κ3) is 4.01. The van der Waals surface area contributed by atoms with Gasteiger partial charge in [-0.15, -0.1) is 0 Å². The summed E-state index contributed by atoms with van der Waals surface area (Å²) in [6, 6.07) is 10.4. The summed E-state index contributed by atoms with van der Waals surface area (Å²) in [7, 11) is 0. The molecule has 2 aromatic rings. The Morgan fingerprint density at radius 2 is 1.93 bits per heavy atom. The number of hydrogen-bond donors (Lipinski definition) is 2. The minimum absolute atomic E-state index is 0.0532. The van der Waals surface area contributed by atoms with Crippen LogP contribution < -0.4 is 10.1 Å². The number of carbonyl (C=O) groups excluding carboxylic acids is 1. The molecule has 1 heterocycles. The molecule has 2 aliphatic rings. The van der Waals surface area contributed by atoms with Crippen molar-refractivity contribution in [3.8, 4) is 5.75 Å². The SMILES string of the molecule is N=C(SC1(NC(=O)C2CCCC2)CCOc2ccccc21)c1cc(F)ccc1F. The van der Waals surface area contributed by atoms with Gasteiger partial charge in [0.05, 0.1) is 11.7 Å². The molecule has 29 heavy (non-hydrogen) atoms. The van der Waals surface area contributed by atoms with Gasteiger partial charge >= 0.3 is 0 Å². The molecule has 1 unspecified atom stereocenters. The number of rotatable bonds is 4. The van der Waals surface area contributed by atoms with Gasteiger partial charge in [-0.25, -0.2) is 8.78 Å². The van der Waals surface area contributed by atoms with Crippen LogP contribution in [-0.2, 0) is 9.67 Å². The third-order valence-corrected chi connectivity index (χ3v) is 6.83. The summed E-state index contributed by atoms with van der Waals surface area (Å²) in [6.07, 6.45) is 4.18. The van der Waals surface area contributed by atoms with Crippen LogP contribution in [0.15, 0.2) is 42.5 Å². The van der Waals surface area contributed by atoms with Gasteiger partial charge in [0.2, 0.25) is 5.91 Å². The van der Waals surface area contributed by atoms with Gasteiger partial charge in [-0.2, -0.15) is 0 Å². The fourth-order valence-electron chi connectivity index (χ4n) is 4.02. The second-order valence-corrected chi connectivity index (χ2v) is 8.76. The zero-order valence-corrected chi connectivity index (χ0v) is 16.7. The van der Waals surface area contributed by atoms with E-state index in [0.29, 0.717) is 18.8 Å². The van der Waals surface area contributed by atoms with Gasteiger partial charge in [0.15, 0.2) is 0 Å². The van der Waals surface area contributed by atoms with Crippen LogP contribution in [0.3, 0.4) is 0 Å². The highest BCUT2D eigenvalue weighted by atomic mass is 32.2. The minimum atomic E-state index is -0.968. The molecule has 0 aromatic heterocycles. The molecule has 0 spiro atoms. The maximum absolute atomic E-state index is 14.3. The summed E-state index contributed by atoms with van der Waals surface area (Å²) in [4.78, 5) is 12.0. The molecular weight excluding hydrogens is 394 g/mol. The summed E-state index contributed by atoms with van der Waals surface area (Å²) in [5.41, 5.74) is 0.623. The fourth-order valence-corrected chi connectivity index (χ4v) is 5.25. The van der Waals surface area contributed by atoms with Crippen molar-refractivity contribution in [2.75, 3.05) is 6.61 Å². The topological polar surface area (TPSA) is 62.2 Å². The first-order valence-electron chi connectivity index (χ1n) is 9.76. The van der Waals surface area contributed by atoms with Gasteiger partial charge in [0.25, 0.3) is 0 Å². The molecule has 1 amide bonds. The number of thioether (sulfide) groups is 1. The highest BCUT2D eigenvalue weighted by Crippen LogP contribution is 2.46. The van der Waals surface area contributed by atoms with E-state index in [-0.39, 0.29) is 22.4 Å². The number of amides is 1. The number of ether oxygens (including phenoxy) is 1. The van der Waals surface area contributed by atoms with Crippen LogP contribution in [0.5, 0.6) is 5.75 Å². The monoisotopic (exact) mass is 416 g/mol. The predicted octanol–water partition coefficient (Wildman–Crippen LogP) is 4.97. The molecule has 0 saturated heterocycles. The number of nitrogens with one attached hydrogen (secondary N) is 2. The second-order valence-electron chi connectivity index (χ2n) is 7.45. The molecule has 4 nitrogen and oxygen atoms in total. The number of carbonyl (C=O) groups is 1. The molecule has 2 aromatic carbocycles. The highest BCUT2D eigenvalue weighted by Gasteiger charge is 2.42. The van der Waals surface area contributed by atoms with E-state index in [1.165, 1.54) is 0 Å². The molecule has 1 aliphatic heterocycles. The van der Waals surface area contributed by atoms with Crippen molar-refractivity contribution in [2.45, 2.75) is 37.0 Å². The van der Waals surface area contributed by atoms with Crippen molar-refractivity contribution in [3.05, 3.63) is 65.2 Å². The van der Waals surface area contributed by atoms with E-state index in [1.807, 2.05) is 24.3 Å². The van der Waals surface area contributed by atoms with Gasteiger partial charge in [0, 0.05) is 23.5 Å². The lowest BCUT2D eigenvalue weighted by Gasteiger charge is -2.39. The lowest BCUT2D eigenvalue weighted by Crippen LogP contribution is -2.49. The van der Waals surface area contributed by atoms with Crippen LogP contribution in [-0.4, -0.2) is 17.6 Å². The molecule has 1 fully saturated rings. The molecule has 4 rings (SSSR count). The van der Waals surface area contributed by atoms with E-state index in [1.54, 1.807) is 0 Å². The van der Waals surface area contributed by atoms with Crippen LogP contribution in [0.1, 0.15) is 43.2 Å². The largest absolute Gasteiger partial charge is 0.493 e. The third-order valence-electron chi connectivity index (χ3n) is 5.53. The minimum Gasteiger partial charge on any atom is -0.493 e. The number of benzene rings is 2. The van der Waals surface area contributed by atoms with Gasteiger partial charge in [0.1, 0.15) is 22.3 Å². The first kappa shape index (κ1) is 19.9. The average molecular weight is 416 g/mol. The van der Waals surface area contributed by atoms with E-state index in [9.17, 15) is 13.6 Å². The molecular formula is C22H22F2N2O2S. The summed E-state index contributed by atoms with van der Waals surface area (Å²) in [5.74, 6) is -0.753. The number of hydrogen-bond acceptors (Lipinski definition) is 4. The summed E-state index contributed by atoms with van der Waals surface area (Å²) in [6.45, 7) is 0.355. The maximum Gasteiger partial charge on any atom is 0.224 e. The van der Waals surface area contributed by atoms with Gasteiger partial charge in [-0.3, -0.25) is 10.2 Å². The summed E-state index contributed by atoms with van der Waals surface area (Å²) < 4.78 is 33.7. The summed E-state index contributed by atoms with van der Waals surface area (Å²) in [5, 5.41) is 11.5. The van der Waals surface area contributed by atoms with Crippen molar-refractivity contribution >= 4 is 22.7 Å². The Morgan fingerprint density at radius 3 is 2.72 bits per heavy atom. The van der Waals surface area contributed by atoms with Crippen LogP contribution in [0.4, 0.5) is 8.78 Å². The Balaban J connectivity index is 1.70. The van der Waals surface area contributed by atoms with Crippen molar-refractivity contribution in [2.24, 2.45) is 5.92 Å². The maximum atomic E-state index is 14.3. The first-order valence-corrected chi connectivity index (χ1v) is 10.6. The normalized spacial score (nSPS) is 21.3. The van der Waals surface area contributed by atoms with E-state index < -0.39 is 16.5 Å². The van der Waals surface area contributed by atoms with Crippen molar-refractivity contribution < 1.29 is 18.3 Å². The Bertz CT molecular complexity index is 946. The van der Waals surface area contributed by atoms with Crippen LogP contribution in [0.25, 0.3) is 0 Å². The molecule has 2 N–H and O–H groups in total. The molecule has 7 heteroatoms. The second kappa shape index (κ2) is 8.14. The quantitative estimate of drug-likeness (QED) is 0.420. The zero-order chi connectivity index (χ0) is 20.4. The standard InChI is InChI=1S/C22H22F2N2O2S/c23-15-9-10-18(24)16(13-15)20(25)29-22(26-21(27)14-5-1-2-6-14)11-12-28-19-8-4-3-7-17(19)22/h3-4,7-10,13-14,25H,1-2,5-6,11-12H2,(H,26,27). The molecule has 1 atom stereocenters. The van der Waals surface area contributed by atoms with Crippen LogP contribution in [0.2, 0.25) is 0 Å². The smallest absolute Gasteiger partial charge is 0.224 e. The van der Waals surface area contributed by atoms with Gasteiger partial charge in [-0.05, 0) is 37.1 Å². The highest BCUT2D eigenvalue weighted by molar-refractivity contribution is 8.15. The number of halogens is 2. The Labute approximate surface area is 172 Å². The van der Waals surface area contributed by atoms with Crippen LogP contribution in [0, 0.1) is 23.0 Å². The van der Waals surface area contributed by atoms with Gasteiger partial charge in [-0.1, -0.05) is 42.8 Å². The Morgan fingerprint density at radius 1 is 1.17 bits per heavy atom. The molecule has 152 valence electrons. The van der Waals surface area contributed by atoms with Crippen molar-refractivity contribution in [3.63, 3.8) is 0 Å². The van der Waals surface area contributed by atoms with Crippen molar-refractivity contribution in [1.82, 2.24) is 5.32 Å². The zero-order valence-electron chi connectivity index (χ0n) is 15.8. The average Bonchev–Trinajstić information content (AvgIpc) is 3.25. The lowest BCUT2D eigenvalue weighted by atomic mass is 9.98. The summed E-state index contributed by atoms with van der Waals surface area (Å²) >= 11 is 1.04. The van der Waals surface area contributed by atoms with Gasteiger partial charge < -0.3 is 10.1 Å². The molecule has 1 saturated carbocycles. The van der Waals surface area contributed by atoms with E-state index in [2.05, 4.69) is 5.32 Å². The number of fused-ring (bicyclic) bond motifs is 1. The first-order chi connectivity index (χ1) is 14.0. The van der Waals surface area contributed by atoms with Crippen molar-refractivity contribution in [1.29, 1.82) is 5.41 Å².